The van der Waals surface area contributed by atoms with Crippen molar-refractivity contribution in [3.63, 3.8) is 0 Å². The van der Waals surface area contributed by atoms with Crippen molar-refractivity contribution >= 4 is 65.8 Å². The molecule has 0 radical (unpaired) electrons. The second-order valence-corrected chi connectivity index (χ2v) is 14.6. The maximum absolute atomic E-state index is 6.52. The smallest absolute Gasteiger partial charge is 0.180 e. The lowest BCUT2D eigenvalue weighted by Gasteiger charge is -2.08. The van der Waals surface area contributed by atoms with E-state index >= 15 is 0 Å². The Morgan fingerprint density at radius 1 is 0.351 bits per heavy atom. The van der Waals surface area contributed by atoms with E-state index in [9.17, 15) is 0 Å². The van der Waals surface area contributed by atoms with Gasteiger partial charge in [0.1, 0.15) is 28.0 Å². The van der Waals surface area contributed by atoms with Crippen molar-refractivity contribution in [2.75, 3.05) is 0 Å². The van der Waals surface area contributed by atoms with E-state index in [1.165, 1.54) is 21.8 Å². The van der Waals surface area contributed by atoms with Crippen molar-refractivity contribution < 1.29 is 8.83 Å². The van der Waals surface area contributed by atoms with Gasteiger partial charge in [0.25, 0.3) is 0 Å². The zero-order valence-electron chi connectivity index (χ0n) is 30.6. The van der Waals surface area contributed by atoms with E-state index in [0.717, 1.165) is 83.2 Å². The Balaban J connectivity index is 0.985. The predicted molar refractivity (Wildman–Crippen MR) is 233 cm³/mol. The van der Waals surface area contributed by atoms with Crippen LogP contribution in [0.5, 0.6) is 0 Å². The highest BCUT2D eigenvalue weighted by Crippen LogP contribution is 2.40. The summed E-state index contributed by atoms with van der Waals surface area (Å²) < 4.78 is 15.3. The fraction of sp³-hybridized carbons (Fsp3) is 0. The normalized spacial score (nSPS) is 11.9. The molecule has 5 nitrogen and oxygen atoms in total. The Morgan fingerprint density at radius 3 is 1.53 bits per heavy atom. The van der Waals surface area contributed by atoms with Crippen LogP contribution in [0.3, 0.4) is 0 Å². The molecule has 0 amide bonds. The second kappa shape index (κ2) is 12.4. The Morgan fingerprint density at radius 2 is 0.860 bits per heavy atom. The van der Waals surface area contributed by atoms with Crippen LogP contribution in [0.2, 0.25) is 0 Å². The Kier molecular flexibility index (Phi) is 6.86. The van der Waals surface area contributed by atoms with Gasteiger partial charge >= 0.3 is 0 Å². The number of aromatic nitrogens is 3. The summed E-state index contributed by atoms with van der Waals surface area (Å²) in [5.74, 6) is 0.665. The minimum atomic E-state index is 0.665. The van der Waals surface area contributed by atoms with Crippen molar-refractivity contribution in [3.8, 4) is 50.6 Å². The van der Waals surface area contributed by atoms with Gasteiger partial charge in [-0.05, 0) is 89.0 Å². The zero-order chi connectivity index (χ0) is 37.5. The van der Waals surface area contributed by atoms with Gasteiger partial charge in [-0.25, -0.2) is 9.97 Å². The van der Waals surface area contributed by atoms with E-state index in [4.69, 9.17) is 18.8 Å². The monoisotopic (exact) mass is 729 g/mol. The Bertz CT molecular complexity index is 3510. The quantitative estimate of drug-likeness (QED) is 0.177. The van der Waals surface area contributed by atoms with Crippen LogP contribution in [-0.2, 0) is 0 Å². The number of hydrogen-bond acceptors (Lipinski definition) is 4. The number of nitrogens with zero attached hydrogens (tertiary/aromatic N) is 3. The topological polar surface area (TPSA) is 57.0 Å². The summed E-state index contributed by atoms with van der Waals surface area (Å²) in [5.41, 5.74) is 14.7. The summed E-state index contributed by atoms with van der Waals surface area (Å²) in [6.45, 7) is 0. The van der Waals surface area contributed by atoms with Crippen LogP contribution in [-0.4, -0.2) is 14.5 Å². The van der Waals surface area contributed by atoms with E-state index in [1.807, 2.05) is 54.6 Å². The van der Waals surface area contributed by atoms with Gasteiger partial charge in [-0.15, -0.1) is 0 Å². The summed E-state index contributed by atoms with van der Waals surface area (Å²) in [6, 6.07) is 65.7. The third-order valence-electron chi connectivity index (χ3n) is 11.2. The van der Waals surface area contributed by atoms with Crippen LogP contribution in [0.4, 0.5) is 0 Å². The summed E-state index contributed by atoms with van der Waals surface area (Å²) in [7, 11) is 0. The highest BCUT2D eigenvalue weighted by molar-refractivity contribution is 6.12. The molecule has 0 saturated heterocycles. The number of hydrogen-bond donors (Lipinski definition) is 0. The van der Waals surface area contributed by atoms with Crippen LogP contribution >= 0.6 is 0 Å². The highest BCUT2D eigenvalue weighted by atomic mass is 16.3. The van der Waals surface area contributed by atoms with Crippen molar-refractivity contribution in [3.05, 3.63) is 188 Å². The van der Waals surface area contributed by atoms with Gasteiger partial charge in [0.05, 0.1) is 11.0 Å². The zero-order valence-corrected chi connectivity index (χ0v) is 30.6. The van der Waals surface area contributed by atoms with Gasteiger partial charge in [0.15, 0.2) is 11.4 Å². The molecule has 0 saturated carbocycles. The SMILES string of the molecule is c1ccc(-c2nc(-c3ccccc3)c3oc4ccc(-c5ccc6oc7ccc(-c8ccc9c(c8)c8ccccc8n9-c8ccccc8)cc7c6c5)cc4c3n2)cc1. The molecule has 0 N–H and O–H groups in total. The molecule has 57 heavy (non-hydrogen) atoms. The summed E-state index contributed by atoms with van der Waals surface area (Å²) in [5, 5.41) is 5.56. The standard InChI is InChI=1S/C52H31N3O2/c1-4-12-32(13-5-1)49-51-50(54-52(53-49)33-14-6-2-7-15-33)43-31-37(23-27-48(43)57-51)36-22-26-47-42(30-36)41-29-35(21-25-46(41)56-47)34-20-24-45-40(28-34)39-18-10-11-19-44(39)55(45)38-16-8-3-9-17-38/h1-31H. The van der Waals surface area contributed by atoms with Gasteiger partial charge in [-0.3, -0.25) is 0 Å². The van der Waals surface area contributed by atoms with Crippen LogP contribution < -0.4 is 0 Å². The molecule has 0 spiro atoms. The molecule has 0 aliphatic heterocycles. The fourth-order valence-corrected chi connectivity index (χ4v) is 8.48. The molecule has 4 heterocycles. The second-order valence-electron chi connectivity index (χ2n) is 14.6. The maximum atomic E-state index is 6.52. The van der Waals surface area contributed by atoms with Crippen molar-refractivity contribution in [2.45, 2.75) is 0 Å². The molecule has 0 fully saturated rings. The Hall–Kier alpha value is -7.76. The highest BCUT2D eigenvalue weighted by Gasteiger charge is 2.20. The van der Waals surface area contributed by atoms with Crippen molar-refractivity contribution in [2.24, 2.45) is 0 Å². The summed E-state index contributed by atoms with van der Waals surface area (Å²) in [6.07, 6.45) is 0. The summed E-state index contributed by atoms with van der Waals surface area (Å²) >= 11 is 0. The molecule has 5 heteroatoms. The van der Waals surface area contributed by atoms with Crippen molar-refractivity contribution in [1.29, 1.82) is 0 Å². The molecule has 266 valence electrons. The summed E-state index contributed by atoms with van der Waals surface area (Å²) in [4.78, 5) is 10.1. The van der Waals surface area contributed by atoms with Gasteiger partial charge < -0.3 is 13.4 Å². The van der Waals surface area contributed by atoms with Gasteiger partial charge in [0.2, 0.25) is 0 Å². The molecule has 4 aromatic heterocycles. The van der Waals surface area contributed by atoms with Gasteiger partial charge in [0, 0.05) is 43.7 Å². The van der Waals surface area contributed by atoms with E-state index in [-0.39, 0.29) is 0 Å². The molecule has 8 aromatic carbocycles. The van der Waals surface area contributed by atoms with E-state index < -0.39 is 0 Å². The molecule has 12 aromatic rings. The molecular weight excluding hydrogens is 699 g/mol. The molecule has 0 atom stereocenters. The van der Waals surface area contributed by atoms with E-state index in [0.29, 0.717) is 11.4 Å². The number of furan rings is 2. The first-order chi connectivity index (χ1) is 28.2. The van der Waals surface area contributed by atoms with Crippen LogP contribution in [0.15, 0.2) is 197 Å². The predicted octanol–water partition coefficient (Wildman–Crippen LogP) is 14.0. The maximum Gasteiger partial charge on any atom is 0.180 e. The fourth-order valence-electron chi connectivity index (χ4n) is 8.48. The minimum absolute atomic E-state index is 0.665. The minimum Gasteiger partial charge on any atom is -0.456 e. The molecule has 0 aliphatic rings. The van der Waals surface area contributed by atoms with Crippen LogP contribution in [0.25, 0.3) is 116 Å². The molecule has 0 unspecified atom stereocenters. The molecule has 12 rings (SSSR count). The van der Waals surface area contributed by atoms with Gasteiger partial charge in [-0.1, -0.05) is 121 Å². The lowest BCUT2D eigenvalue weighted by Crippen LogP contribution is -1.93. The number of para-hydroxylation sites is 2. The first kappa shape index (κ1) is 31.6. The number of rotatable bonds is 5. The Labute approximate surface area is 326 Å². The van der Waals surface area contributed by atoms with Gasteiger partial charge in [-0.2, -0.15) is 0 Å². The molecule has 0 bridgehead atoms. The lowest BCUT2D eigenvalue weighted by molar-refractivity contribution is 0.667. The third-order valence-corrected chi connectivity index (χ3v) is 11.2. The third kappa shape index (κ3) is 5.03. The molecular formula is C52H31N3O2. The van der Waals surface area contributed by atoms with Crippen LogP contribution in [0, 0.1) is 0 Å². The van der Waals surface area contributed by atoms with E-state index in [2.05, 4.69) is 138 Å². The lowest BCUT2D eigenvalue weighted by atomic mass is 9.98. The van der Waals surface area contributed by atoms with Crippen molar-refractivity contribution in [1.82, 2.24) is 14.5 Å². The number of fused-ring (bicyclic) bond motifs is 9. The average molecular weight is 730 g/mol. The van der Waals surface area contributed by atoms with Crippen LogP contribution in [0.1, 0.15) is 0 Å². The van der Waals surface area contributed by atoms with E-state index in [1.54, 1.807) is 0 Å². The average Bonchev–Trinajstić information content (AvgIpc) is 3.95. The molecule has 0 aliphatic carbocycles. The largest absolute Gasteiger partial charge is 0.456 e. The first-order valence-corrected chi connectivity index (χ1v) is 19.1. The first-order valence-electron chi connectivity index (χ1n) is 19.1. The number of benzene rings is 8.